The molecule has 1 aromatic heterocycles. The number of aromatic nitrogens is 2. The molecule has 2 aliphatic heterocycles. The van der Waals surface area contributed by atoms with Crippen LogP contribution in [-0.4, -0.2) is 59.0 Å². The standard InChI is InChI=1S/C24H22Cl2F3N5O3/c25-14-2-4-18-17(11-14)19(32-31-18)7-10-33-8-5-13(6-9-33)21-30-22(35)16-3-1-15(26)12-20(16)34(21)37-23(36)24(27,28)29/h1-4,11-13,21H,5-10H2,(H,30,35)(H,31,32). The summed E-state index contributed by atoms with van der Waals surface area (Å²) in [7, 11) is 0. The van der Waals surface area contributed by atoms with E-state index < -0.39 is 24.2 Å². The molecule has 1 atom stereocenters. The molecule has 196 valence electrons. The third-order valence-corrected chi connectivity index (χ3v) is 7.20. The van der Waals surface area contributed by atoms with Crippen LogP contribution in [0.15, 0.2) is 36.4 Å². The van der Waals surface area contributed by atoms with Crippen molar-refractivity contribution in [3.8, 4) is 0 Å². The number of halogens is 5. The molecule has 13 heteroatoms. The predicted octanol–water partition coefficient (Wildman–Crippen LogP) is 4.72. The smallest absolute Gasteiger partial charge is 0.330 e. The summed E-state index contributed by atoms with van der Waals surface area (Å²) in [4.78, 5) is 31.5. The fourth-order valence-corrected chi connectivity index (χ4v) is 5.18. The normalized spacial score (nSPS) is 19.1. The summed E-state index contributed by atoms with van der Waals surface area (Å²) >= 11 is 12.2. The van der Waals surface area contributed by atoms with Gasteiger partial charge in [-0.05, 0) is 62.3 Å². The van der Waals surface area contributed by atoms with Gasteiger partial charge in [0.05, 0.1) is 22.5 Å². The molecule has 1 saturated heterocycles. The van der Waals surface area contributed by atoms with Crippen LogP contribution >= 0.6 is 23.2 Å². The first-order valence-corrected chi connectivity index (χ1v) is 12.4. The van der Waals surface area contributed by atoms with E-state index >= 15 is 0 Å². The van der Waals surface area contributed by atoms with Crippen LogP contribution in [-0.2, 0) is 16.1 Å². The number of nitrogens with one attached hydrogen (secondary N) is 2. The molecular formula is C24H22Cl2F3N5O3. The van der Waals surface area contributed by atoms with E-state index in [1.807, 2.05) is 12.1 Å². The van der Waals surface area contributed by atoms with E-state index in [1.165, 1.54) is 18.2 Å². The monoisotopic (exact) mass is 555 g/mol. The van der Waals surface area contributed by atoms with Crippen molar-refractivity contribution in [2.24, 2.45) is 5.92 Å². The molecule has 0 radical (unpaired) electrons. The summed E-state index contributed by atoms with van der Waals surface area (Å²) in [6.07, 6.45) is -4.35. The Morgan fingerprint density at radius 1 is 1.11 bits per heavy atom. The van der Waals surface area contributed by atoms with E-state index in [-0.39, 0.29) is 22.2 Å². The van der Waals surface area contributed by atoms with Gasteiger partial charge in [-0.15, -0.1) is 0 Å². The first-order chi connectivity index (χ1) is 17.6. The highest BCUT2D eigenvalue weighted by atomic mass is 35.5. The summed E-state index contributed by atoms with van der Waals surface area (Å²) in [5.41, 5.74) is 1.89. The first kappa shape index (κ1) is 25.6. The number of H-pyrrole nitrogens is 1. The number of carbonyl (C=O) groups is 2. The molecule has 3 heterocycles. The van der Waals surface area contributed by atoms with Crippen molar-refractivity contribution in [3.63, 3.8) is 0 Å². The van der Waals surface area contributed by atoms with Gasteiger partial charge < -0.3 is 15.1 Å². The van der Waals surface area contributed by atoms with Crippen molar-refractivity contribution < 1.29 is 27.6 Å². The number of anilines is 1. The minimum atomic E-state index is -5.20. The second kappa shape index (κ2) is 10.0. The fourth-order valence-electron chi connectivity index (χ4n) is 4.84. The van der Waals surface area contributed by atoms with Crippen molar-refractivity contribution in [2.75, 3.05) is 24.7 Å². The molecule has 2 N–H and O–H groups in total. The van der Waals surface area contributed by atoms with E-state index in [0.717, 1.165) is 28.2 Å². The largest absolute Gasteiger partial charge is 0.493 e. The maximum Gasteiger partial charge on any atom is 0.493 e. The first-order valence-electron chi connectivity index (χ1n) is 11.6. The van der Waals surface area contributed by atoms with Crippen LogP contribution in [0.4, 0.5) is 18.9 Å². The summed E-state index contributed by atoms with van der Waals surface area (Å²) in [5.74, 6) is -3.11. The summed E-state index contributed by atoms with van der Waals surface area (Å²) in [6, 6.07) is 9.69. The van der Waals surface area contributed by atoms with Crippen LogP contribution in [0.1, 0.15) is 28.9 Å². The van der Waals surface area contributed by atoms with Crippen LogP contribution in [0.2, 0.25) is 10.0 Å². The zero-order chi connectivity index (χ0) is 26.3. The molecule has 0 spiro atoms. The van der Waals surface area contributed by atoms with Gasteiger partial charge in [0.25, 0.3) is 5.91 Å². The van der Waals surface area contributed by atoms with E-state index in [9.17, 15) is 22.8 Å². The van der Waals surface area contributed by atoms with Gasteiger partial charge in [-0.2, -0.15) is 23.3 Å². The van der Waals surface area contributed by atoms with Gasteiger partial charge in [0, 0.05) is 34.3 Å². The topological polar surface area (TPSA) is 90.6 Å². The number of hydroxylamine groups is 1. The lowest BCUT2D eigenvalue weighted by Crippen LogP contribution is -2.59. The Morgan fingerprint density at radius 2 is 1.81 bits per heavy atom. The zero-order valence-corrected chi connectivity index (χ0v) is 20.8. The number of hydrogen-bond donors (Lipinski definition) is 2. The average Bonchev–Trinajstić information content (AvgIpc) is 3.26. The second-order valence-corrected chi connectivity index (χ2v) is 9.94. The van der Waals surface area contributed by atoms with Crippen LogP contribution in [0.5, 0.6) is 0 Å². The van der Waals surface area contributed by atoms with Gasteiger partial charge in [-0.25, -0.2) is 4.79 Å². The molecule has 1 unspecified atom stereocenters. The number of amides is 1. The van der Waals surface area contributed by atoms with E-state index in [1.54, 1.807) is 6.07 Å². The minimum absolute atomic E-state index is 0.0188. The summed E-state index contributed by atoms with van der Waals surface area (Å²) < 4.78 is 39.1. The van der Waals surface area contributed by atoms with Crippen LogP contribution in [0.25, 0.3) is 10.9 Å². The quantitative estimate of drug-likeness (QED) is 0.473. The number of piperidine rings is 1. The van der Waals surface area contributed by atoms with Gasteiger partial charge in [0.2, 0.25) is 0 Å². The zero-order valence-electron chi connectivity index (χ0n) is 19.3. The van der Waals surface area contributed by atoms with Gasteiger partial charge in [-0.3, -0.25) is 9.89 Å². The highest BCUT2D eigenvalue weighted by molar-refractivity contribution is 6.31. The van der Waals surface area contributed by atoms with Crippen molar-refractivity contribution in [2.45, 2.75) is 31.6 Å². The number of fused-ring (bicyclic) bond motifs is 2. The Labute approximate surface area is 219 Å². The van der Waals surface area contributed by atoms with Crippen molar-refractivity contribution in [1.29, 1.82) is 0 Å². The lowest BCUT2D eigenvalue weighted by atomic mass is 9.91. The Kier molecular flexibility index (Phi) is 6.95. The lowest BCUT2D eigenvalue weighted by molar-refractivity contribution is -0.203. The molecule has 5 rings (SSSR count). The lowest BCUT2D eigenvalue weighted by Gasteiger charge is -2.43. The number of aromatic amines is 1. The summed E-state index contributed by atoms with van der Waals surface area (Å²) in [6.45, 7) is 2.01. The van der Waals surface area contributed by atoms with Gasteiger partial charge in [0.15, 0.2) is 0 Å². The van der Waals surface area contributed by atoms with Crippen LogP contribution in [0, 0.1) is 5.92 Å². The maximum absolute atomic E-state index is 13.0. The highest BCUT2D eigenvalue weighted by Crippen LogP contribution is 2.35. The Balaban J connectivity index is 1.28. The molecule has 3 aromatic rings. The molecule has 1 fully saturated rings. The maximum atomic E-state index is 13.0. The third-order valence-electron chi connectivity index (χ3n) is 6.73. The van der Waals surface area contributed by atoms with Crippen LogP contribution in [0.3, 0.4) is 0 Å². The Bertz CT molecular complexity index is 1340. The number of hydrogen-bond acceptors (Lipinski definition) is 6. The van der Waals surface area contributed by atoms with Gasteiger partial charge in [0.1, 0.15) is 6.17 Å². The minimum Gasteiger partial charge on any atom is -0.330 e. The highest BCUT2D eigenvalue weighted by Gasteiger charge is 2.46. The number of rotatable bonds is 5. The third kappa shape index (κ3) is 5.34. The van der Waals surface area contributed by atoms with Crippen LogP contribution < -0.4 is 10.4 Å². The molecule has 0 aliphatic carbocycles. The van der Waals surface area contributed by atoms with Gasteiger partial charge >= 0.3 is 12.1 Å². The number of likely N-dealkylation sites (tertiary alicyclic amines) is 1. The molecule has 2 aliphatic rings. The Morgan fingerprint density at radius 3 is 2.54 bits per heavy atom. The predicted molar refractivity (Wildman–Crippen MR) is 131 cm³/mol. The van der Waals surface area contributed by atoms with E-state index in [4.69, 9.17) is 28.0 Å². The molecule has 8 nitrogen and oxygen atoms in total. The van der Waals surface area contributed by atoms with E-state index in [0.29, 0.717) is 37.4 Å². The molecule has 0 bridgehead atoms. The number of benzene rings is 2. The number of alkyl halides is 3. The number of carbonyl (C=O) groups excluding carboxylic acids is 2. The molecule has 2 aromatic carbocycles. The number of nitrogens with zero attached hydrogens (tertiary/aromatic N) is 3. The fraction of sp³-hybridized carbons (Fsp3) is 0.375. The molecule has 37 heavy (non-hydrogen) atoms. The van der Waals surface area contributed by atoms with Crippen molar-refractivity contribution in [1.82, 2.24) is 20.4 Å². The average molecular weight is 556 g/mol. The SMILES string of the molecule is O=C1NC(C2CCN(CCc3n[nH]c4ccc(Cl)cc34)CC2)N(OC(=O)C(F)(F)F)c2cc(Cl)ccc21. The molecule has 0 saturated carbocycles. The summed E-state index contributed by atoms with van der Waals surface area (Å²) in [5, 5.41) is 12.7. The Hall–Kier alpha value is -3.02. The molecule has 1 amide bonds. The second-order valence-electron chi connectivity index (χ2n) is 9.07. The van der Waals surface area contributed by atoms with Gasteiger partial charge in [-0.1, -0.05) is 23.2 Å². The van der Waals surface area contributed by atoms with Crippen molar-refractivity contribution in [3.05, 3.63) is 57.7 Å². The van der Waals surface area contributed by atoms with E-state index in [2.05, 4.69) is 20.4 Å². The molecular weight excluding hydrogens is 534 g/mol. The van der Waals surface area contributed by atoms with Crippen molar-refractivity contribution >= 4 is 51.7 Å².